The van der Waals surface area contributed by atoms with Gasteiger partial charge in [0.05, 0.1) is 16.6 Å². The van der Waals surface area contributed by atoms with Crippen molar-refractivity contribution in [2.45, 2.75) is 0 Å². The molecule has 0 amide bonds. The van der Waals surface area contributed by atoms with Crippen LogP contribution in [0.3, 0.4) is 0 Å². The molecule has 78 valence electrons. The van der Waals surface area contributed by atoms with Gasteiger partial charge in [-0.05, 0) is 24.3 Å². The SMILES string of the molecule is NOc1cccc2nc3ccccc3nc12. The molecule has 0 spiro atoms. The zero-order valence-electron chi connectivity index (χ0n) is 8.42. The van der Waals surface area contributed by atoms with Gasteiger partial charge in [0.1, 0.15) is 5.52 Å². The van der Waals surface area contributed by atoms with Gasteiger partial charge in [0.2, 0.25) is 0 Å². The second-order valence-electron chi connectivity index (χ2n) is 3.45. The minimum atomic E-state index is 0.538. The molecule has 4 heteroatoms. The molecule has 0 bridgehead atoms. The fourth-order valence-electron chi connectivity index (χ4n) is 1.71. The van der Waals surface area contributed by atoms with Crippen LogP contribution in [0.2, 0.25) is 0 Å². The van der Waals surface area contributed by atoms with E-state index in [9.17, 15) is 0 Å². The van der Waals surface area contributed by atoms with E-state index in [-0.39, 0.29) is 0 Å². The topological polar surface area (TPSA) is 61.0 Å². The number of nitrogens with two attached hydrogens (primary N) is 1. The van der Waals surface area contributed by atoms with Gasteiger partial charge in [-0.2, -0.15) is 5.90 Å². The Morgan fingerprint density at radius 2 is 1.50 bits per heavy atom. The second-order valence-corrected chi connectivity index (χ2v) is 3.45. The summed E-state index contributed by atoms with van der Waals surface area (Å²) >= 11 is 0. The van der Waals surface area contributed by atoms with Crippen LogP contribution in [0.25, 0.3) is 22.1 Å². The molecule has 0 fully saturated rings. The van der Waals surface area contributed by atoms with Crippen LogP contribution in [0.15, 0.2) is 42.5 Å². The van der Waals surface area contributed by atoms with Gasteiger partial charge in [-0.25, -0.2) is 9.97 Å². The lowest BCUT2D eigenvalue weighted by molar-refractivity contribution is 0.338. The molecule has 4 nitrogen and oxygen atoms in total. The molecule has 0 aliphatic heterocycles. The average Bonchev–Trinajstić information content (AvgIpc) is 2.35. The maximum absolute atomic E-state index is 5.19. The van der Waals surface area contributed by atoms with E-state index in [2.05, 4.69) is 9.97 Å². The van der Waals surface area contributed by atoms with Crippen molar-refractivity contribution >= 4 is 22.1 Å². The molecular weight excluding hydrogens is 202 g/mol. The standard InChI is InChI=1S/C12H9N3O/c13-16-11-7-3-6-10-12(11)15-9-5-2-1-4-8(9)14-10/h1-7H,13H2. The molecule has 1 heterocycles. The molecule has 0 radical (unpaired) electrons. The highest BCUT2D eigenvalue weighted by Gasteiger charge is 2.05. The number of hydrogen-bond acceptors (Lipinski definition) is 4. The highest BCUT2D eigenvalue weighted by molar-refractivity contribution is 5.89. The Morgan fingerprint density at radius 3 is 2.25 bits per heavy atom. The summed E-state index contributed by atoms with van der Waals surface area (Å²) in [6, 6.07) is 13.2. The van der Waals surface area contributed by atoms with Crippen LogP contribution >= 0.6 is 0 Å². The molecule has 0 aliphatic rings. The van der Waals surface area contributed by atoms with E-state index in [4.69, 9.17) is 10.7 Å². The minimum Gasteiger partial charge on any atom is -0.409 e. The summed E-state index contributed by atoms with van der Waals surface area (Å²) in [5, 5.41) is 0. The Morgan fingerprint density at radius 1 is 0.812 bits per heavy atom. The van der Waals surface area contributed by atoms with Crippen molar-refractivity contribution in [2.75, 3.05) is 0 Å². The predicted molar refractivity (Wildman–Crippen MR) is 61.9 cm³/mol. The molecule has 0 saturated heterocycles. The van der Waals surface area contributed by atoms with Crippen LogP contribution in [0.5, 0.6) is 5.75 Å². The van der Waals surface area contributed by atoms with Crippen LogP contribution in [-0.2, 0) is 0 Å². The first-order valence-electron chi connectivity index (χ1n) is 4.91. The van der Waals surface area contributed by atoms with Gasteiger partial charge in [-0.15, -0.1) is 0 Å². The molecule has 0 aliphatic carbocycles. The van der Waals surface area contributed by atoms with Gasteiger partial charge in [0.25, 0.3) is 0 Å². The van der Waals surface area contributed by atoms with E-state index >= 15 is 0 Å². The third-order valence-electron chi connectivity index (χ3n) is 2.46. The summed E-state index contributed by atoms with van der Waals surface area (Å²) in [4.78, 5) is 13.7. The third kappa shape index (κ3) is 1.28. The molecule has 2 N–H and O–H groups in total. The first kappa shape index (κ1) is 9.06. The molecular formula is C12H9N3O. The summed E-state index contributed by atoms with van der Waals surface area (Å²) in [7, 11) is 0. The number of para-hydroxylation sites is 3. The quantitative estimate of drug-likeness (QED) is 0.494. The maximum atomic E-state index is 5.19. The Labute approximate surface area is 91.6 Å². The van der Waals surface area contributed by atoms with Gasteiger partial charge in [0, 0.05) is 0 Å². The Hall–Kier alpha value is -2.20. The third-order valence-corrected chi connectivity index (χ3v) is 2.46. The van der Waals surface area contributed by atoms with Crippen LogP contribution < -0.4 is 10.7 Å². The lowest BCUT2D eigenvalue weighted by Gasteiger charge is -2.04. The van der Waals surface area contributed by atoms with Crippen LogP contribution in [0.4, 0.5) is 0 Å². The Kier molecular flexibility index (Phi) is 1.94. The van der Waals surface area contributed by atoms with Crippen molar-refractivity contribution in [3.05, 3.63) is 42.5 Å². The van der Waals surface area contributed by atoms with Crippen molar-refractivity contribution in [3.63, 3.8) is 0 Å². The van der Waals surface area contributed by atoms with Gasteiger partial charge in [0.15, 0.2) is 5.75 Å². The molecule has 16 heavy (non-hydrogen) atoms. The highest BCUT2D eigenvalue weighted by Crippen LogP contribution is 2.23. The first-order valence-corrected chi connectivity index (χ1v) is 4.91. The van der Waals surface area contributed by atoms with Crippen molar-refractivity contribution in [2.24, 2.45) is 5.90 Å². The van der Waals surface area contributed by atoms with Crippen LogP contribution in [0.1, 0.15) is 0 Å². The van der Waals surface area contributed by atoms with E-state index in [0.29, 0.717) is 11.3 Å². The monoisotopic (exact) mass is 211 g/mol. The smallest absolute Gasteiger partial charge is 0.174 e. The summed E-state index contributed by atoms with van der Waals surface area (Å²) < 4.78 is 0. The normalized spacial score (nSPS) is 10.8. The Balaban J connectivity index is 2.46. The van der Waals surface area contributed by atoms with Crippen molar-refractivity contribution in [1.82, 2.24) is 9.97 Å². The molecule has 2 aromatic carbocycles. The molecule has 1 aromatic heterocycles. The number of nitrogens with zero attached hydrogens (tertiary/aromatic N) is 2. The van der Waals surface area contributed by atoms with Gasteiger partial charge >= 0.3 is 0 Å². The predicted octanol–water partition coefficient (Wildman–Crippen LogP) is 2.04. The van der Waals surface area contributed by atoms with E-state index in [0.717, 1.165) is 16.6 Å². The molecule has 0 unspecified atom stereocenters. The molecule has 0 atom stereocenters. The van der Waals surface area contributed by atoms with Crippen molar-refractivity contribution in [3.8, 4) is 5.75 Å². The van der Waals surface area contributed by atoms with E-state index in [1.165, 1.54) is 0 Å². The maximum Gasteiger partial charge on any atom is 0.174 e. The van der Waals surface area contributed by atoms with Crippen molar-refractivity contribution in [1.29, 1.82) is 0 Å². The summed E-state index contributed by atoms with van der Waals surface area (Å²) in [6.07, 6.45) is 0. The minimum absolute atomic E-state index is 0.538. The van der Waals surface area contributed by atoms with Gasteiger partial charge < -0.3 is 4.84 Å². The van der Waals surface area contributed by atoms with Crippen molar-refractivity contribution < 1.29 is 4.84 Å². The summed E-state index contributed by atoms with van der Waals surface area (Å²) in [6.45, 7) is 0. The highest BCUT2D eigenvalue weighted by atomic mass is 16.6. The Bertz CT molecular complexity index is 667. The lowest BCUT2D eigenvalue weighted by Crippen LogP contribution is -2.03. The number of rotatable bonds is 1. The summed E-state index contributed by atoms with van der Waals surface area (Å²) in [5.74, 6) is 5.73. The van der Waals surface area contributed by atoms with E-state index < -0.39 is 0 Å². The van der Waals surface area contributed by atoms with Crippen LogP contribution in [0, 0.1) is 0 Å². The molecule has 3 rings (SSSR count). The zero-order valence-corrected chi connectivity index (χ0v) is 8.42. The fraction of sp³-hybridized carbons (Fsp3) is 0. The van der Waals surface area contributed by atoms with E-state index in [1.54, 1.807) is 6.07 Å². The number of benzene rings is 2. The second kappa shape index (κ2) is 3.43. The van der Waals surface area contributed by atoms with Gasteiger partial charge in [-0.1, -0.05) is 18.2 Å². The van der Waals surface area contributed by atoms with Crippen LogP contribution in [-0.4, -0.2) is 9.97 Å². The fourth-order valence-corrected chi connectivity index (χ4v) is 1.71. The molecule has 0 saturated carbocycles. The largest absolute Gasteiger partial charge is 0.409 e. The number of aromatic nitrogens is 2. The first-order chi connectivity index (χ1) is 7.88. The number of hydrogen-bond donors (Lipinski definition) is 1. The molecule has 3 aromatic rings. The number of fused-ring (bicyclic) bond motifs is 2. The van der Waals surface area contributed by atoms with Gasteiger partial charge in [-0.3, -0.25) is 0 Å². The average molecular weight is 211 g/mol. The lowest BCUT2D eigenvalue weighted by atomic mass is 10.2. The van der Waals surface area contributed by atoms with E-state index in [1.807, 2.05) is 36.4 Å². The summed E-state index contributed by atoms with van der Waals surface area (Å²) in [5.41, 5.74) is 3.16. The zero-order chi connectivity index (χ0) is 11.0.